The third-order valence-corrected chi connectivity index (χ3v) is 26.6. The van der Waals surface area contributed by atoms with Crippen LogP contribution in [0.3, 0.4) is 0 Å². The SMILES string of the molecule is COc1ccc(N(CCO[Si](c2ccccc2)(c2ccccc2)C(C)(C)C)c2ccc(/C=C/C3=C(Sc4c(C(C)C)cccc4C(C)C)C(=C/C=C/C4=C(C#N)C(=C(C#N)C#N)OC4(c4ccccc4)C(F)(F)F)/CC(C)(C)C3)cc2)cc1C12CC3CC(CC(C3)C1)C2. The van der Waals surface area contributed by atoms with Gasteiger partial charge in [0, 0.05) is 44.4 Å². The van der Waals surface area contributed by atoms with E-state index < -0.39 is 42.6 Å². The highest BCUT2D eigenvalue weighted by Gasteiger charge is 2.65. The zero-order chi connectivity index (χ0) is 66.1. The number of nitriles is 3. The van der Waals surface area contributed by atoms with Gasteiger partial charge in [0.2, 0.25) is 0 Å². The second-order valence-electron chi connectivity index (χ2n) is 28.7. The topological polar surface area (TPSA) is 102 Å². The molecule has 6 aliphatic rings. The van der Waals surface area contributed by atoms with E-state index in [0.717, 1.165) is 67.8 Å². The molecule has 0 saturated heterocycles. The average molecular weight is 1280 g/mol. The highest BCUT2D eigenvalue weighted by molar-refractivity contribution is 8.03. The van der Waals surface area contributed by atoms with E-state index in [2.05, 4.69) is 201 Å². The van der Waals surface area contributed by atoms with E-state index in [1.165, 1.54) is 95.9 Å². The number of ether oxygens (including phenoxy) is 2. The minimum absolute atomic E-state index is 0.0913. The fraction of sp³-hybridized carbons (Fsp3) is 0.370. The molecule has 4 saturated carbocycles. The molecule has 0 radical (unpaired) electrons. The first-order valence-electron chi connectivity index (χ1n) is 32.9. The molecule has 6 aromatic rings. The highest BCUT2D eigenvalue weighted by Crippen LogP contribution is 2.63. The second kappa shape index (κ2) is 26.7. The molecule has 0 aromatic heterocycles. The normalized spacial score (nSPS) is 22.4. The maximum absolute atomic E-state index is 16.0. The minimum Gasteiger partial charge on any atom is -0.496 e. The number of anilines is 2. The fourth-order valence-corrected chi connectivity index (χ4v) is 22.5. The van der Waals surface area contributed by atoms with Crippen molar-refractivity contribution >= 4 is 47.9 Å². The Morgan fingerprint density at radius 2 is 1.27 bits per heavy atom. The lowest BCUT2D eigenvalue weighted by molar-refractivity contribution is -0.249. The summed E-state index contributed by atoms with van der Waals surface area (Å²) in [5.74, 6) is 2.96. The molecule has 4 fully saturated rings. The van der Waals surface area contributed by atoms with Gasteiger partial charge in [-0.15, -0.1) is 0 Å². The molecule has 1 unspecified atom stereocenters. The molecule has 1 heterocycles. The lowest BCUT2D eigenvalue weighted by Crippen LogP contribution is -2.67. The molecule has 0 amide bonds. The molecular weight excluding hydrogens is 1190 g/mol. The standard InChI is InChI=1S/C81H85F3N4O3SSi/c1-54(2)68-29-21-30-69(55(3)4)76(68)92-75-60(22-20-31-71-70(53-87)74(62(51-85)52-86)91-80(71,81(82,83)84)63-23-14-11-15-24-63)49-78(8,9)50-61(75)35-32-56-33-36-64(37-34-56)88(40-41-90-93(77(5,6)7,66-25-16-12-17-26-66)67-27-18-13-19-28-67)65-38-39-73(89-10)72(45-65)79-46-57-42-58(47-79)44-59(43-57)48-79/h11-39,45,54-55,57-59H,40-44,46-50H2,1-10H3/b31-20+,35-32+,60-22+. The predicted octanol–water partition coefficient (Wildman–Crippen LogP) is 20.1. The Bertz CT molecular complexity index is 3960. The van der Waals surface area contributed by atoms with E-state index in [9.17, 15) is 15.8 Å². The van der Waals surface area contributed by atoms with Gasteiger partial charge in [0.1, 0.15) is 29.5 Å². The molecule has 478 valence electrons. The van der Waals surface area contributed by atoms with Gasteiger partial charge in [0.25, 0.3) is 13.9 Å². The van der Waals surface area contributed by atoms with Gasteiger partial charge in [0.05, 0.1) is 13.7 Å². The van der Waals surface area contributed by atoms with Crippen LogP contribution in [0.5, 0.6) is 5.75 Å². The largest absolute Gasteiger partial charge is 0.496 e. The van der Waals surface area contributed by atoms with E-state index >= 15 is 13.2 Å². The maximum atomic E-state index is 16.0. The van der Waals surface area contributed by atoms with Crippen molar-refractivity contribution < 1.29 is 27.1 Å². The molecule has 4 bridgehead atoms. The Labute approximate surface area is 554 Å². The van der Waals surface area contributed by atoms with Gasteiger partial charge in [0.15, 0.2) is 11.3 Å². The second-order valence-corrected chi connectivity index (χ2v) is 34.1. The van der Waals surface area contributed by atoms with Crippen LogP contribution in [0, 0.1) is 57.2 Å². The van der Waals surface area contributed by atoms with Crippen molar-refractivity contribution in [1.29, 1.82) is 15.8 Å². The van der Waals surface area contributed by atoms with Gasteiger partial charge < -0.3 is 18.8 Å². The zero-order valence-corrected chi connectivity index (χ0v) is 57.2. The van der Waals surface area contributed by atoms with Crippen LogP contribution in [-0.4, -0.2) is 34.8 Å². The number of allylic oxidation sites excluding steroid dienone is 7. The smallest absolute Gasteiger partial charge is 0.437 e. The number of thioether (sulfide) groups is 1. The number of rotatable bonds is 19. The predicted molar refractivity (Wildman–Crippen MR) is 373 cm³/mol. The lowest BCUT2D eigenvalue weighted by atomic mass is 9.48. The van der Waals surface area contributed by atoms with Crippen molar-refractivity contribution in [2.45, 2.75) is 153 Å². The maximum Gasteiger partial charge on any atom is 0.437 e. The summed E-state index contributed by atoms with van der Waals surface area (Å²) in [6, 6.07) is 56.2. The van der Waals surface area contributed by atoms with E-state index in [4.69, 9.17) is 13.9 Å². The Kier molecular flexibility index (Phi) is 19.1. The van der Waals surface area contributed by atoms with Gasteiger partial charge >= 0.3 is 6.18 Å². The molecule has 0 N–H and O–H groups in total. The Balaban J connectivity index is 1.01. The highest BCUT2D eigenvalue weighted by atomic mass is 32.2. The molecule has 12 rings (SSSR count). The summed E-state index contributed by atoms with van der Waals surface area (Å²) in [5.41, 5.74) is 3.46. The monoisotopic (exact) mass is 1280 g/mol. The van der Waals surface area contributed by atoms with Crippen LogP contribution in [0.4, 0.5) is 24.5 Å². The molecule has 93 heavy (non-hydrogen) atoms. The van der Waals surface area contributed by atoms with E-state index in [1.54, 1.807) is 36.0 Å². The molecule has 6 aromatic carbocycles. The number of alkyl halides is 3. The van der Waals surface area contributed by atoms with E-state index in [1.807, 2.05) is 19.3 Å². The first kappa shape index (κ1) is 66.4. The van der Waals surface area contributed by atoms with Gasteiger partial charge in [-0.2, -0.15) is 29.0 Å². The van der Waals surface area contributed by atoms with E-state index in [0.29, 0.717) is 19.6 Å². The zero-order valence-electron chi connectivity index (χ0n) is 55.3. The summed E-state index contributed by atoms with van der Waals surface area (Å²) in [6.45, 7) is 21.3. The van der Waals surface area contributed by atoms with Crippen LogP contribution in [-0.2, 0) is 20.2 Å². The number of benzene rings is 6. The van der Waals surface area contributed by atoms with Crippen molar-refractivity contribution in [3.8, 4) is 24.0 Å². The minimum atomic E-state index is -5.12. The summed E-state index contributed by atoms with van der Waals surface area (Å²) in [7, 11) is -1.07. The third kappa shape index (κ3) is 12.9. The number of nitrogens with zero attached hydrogens (tertiary/aromatic N) is 4. The average Bonchev–Trinajstić information content (AvgIpc) is 1.72. The molecule has 0 spiro atoms. The molecule has 5 aliphatic carbocycles. The number of hydrogen-bond acceptors (Lipinski definition) is 8. The molecular formula is C81H85F3N4O3SSi. The van der Waals surface area contributed by atoms with Gasteiger partial charge in [-0.05, 0) is 165 Å². The van der Waals surface area contributed by atoms with Crippen LogP contribution in [0.25, 0.3) is 6.08 Å². The summed E-state index contributed by atoms with van der Waals surface area (Å²) in [5, 5.41) is 32.8. The van der Waals surface area contributed by atoms with Gasteiger partial charge in [-0.3, -0.25) is 0 Å². The van der Waals surface area contributed by atoms with Crippen molar-refractivity contribution in [1.82, 2.24) is 0 Å². The first-order chi connectivity index (χ1) is 44.5. The van der Waals surface area contributed by atoms with Crippen molar-refractivity contribution in [3.63, 3.8) is 0 Å². The Morgan fingerprint density at radius 1 is 0.710 bits per heavy atom. The first-order valence-corrected chi connectivity index (χ1v) is 35.6. The Hall–Kier alpha value is -8.05. The van der Waals surface area contributed by atoms with Crippen molar-refractivity contribution in [2.24, 2.45) is 23.2 Å². The summed E-state index contributed by atoms with van der Waals surface area (Å²) >= 11 is 1.71. The summed E-state index contributed by atoms with van der Waals surface area (Å²) < 4.78 is 67.6. The summed E-state index contributed by atoms with van der Waals surface area (Å²) in [4.78, 5) is 4.59. The quantitative estimate of drug-likeness (QED) is 0.0584. The van der Waals surface area contributed by atoms with Crippen LogP contribution in [0.1, 0.15) is 153 Å². The van der Waals surface area contributed by atoms with Crippen molar-refractivity contribution in [3.05, 3.63) is 242 Å². The third-order valence-electron chi connectivity index (χ3n) is 20.1. The number of halogens is 3. The number of methoxy groups -OCH3 is 1. The van der Waals surface area contributed by atoms with Crippen LogP contribution >= 0.6 is 11.8 Å². The van der Waals surface area contributed by atoms with Crippen LogP contribution in [0.2, 0.25) is 5.04 Å². The summed E-state index contributed by atoms with van der Waals surface area (Å²) in [6.07, 6.45) is 13.0. The van der Waals surface area contributed by atoms with Gasteiger partial charge in [-0.25, -0.2) is 0 Å². The Morgan fingerprint density at radius 3 is 1.78 bits per heavy atom. The van der Waals surface area contributed by atoms with Crippen LogP contribution in [0.15, 0.2) is 219 Å². The molecule has 7 nitrogen and oxygen atoms in total. The van der Waals surface area contributed by atoms with E-state index in [-0.39, 0.29) is 33.3 Å². The van der Waals surface area contributed by atoms with Crippen LogP contribution < -0.4 is 20.0 Å². The van der Waals surface area contributed by atoms with Crippen molar-refractivity contribution in [2.75, 3.05) is 25.2 Å². The number of hydrogen-bond donors (Lipinski definition) is 0. The lowest BCUT2D eigenvalue weighted by Gasteiger charge is -2.57. The molecule has 1 aliphatic heterocycles. The molecule has 12 heteroatoms. The fourth-order valence-electron chi connectivity index (χ4n) is 16.4. The van der Waals surface area contributed by atoms with Gasteiger partial charge in [-0.1, -0.05) is 226 Å². The molecule has 1 atom stereocenters.